The maximum atomic E-state index is 11.7. The molecule has 1 aliphatic rings. The van der Waals surface area contributed by atoms with Crippen molar-refractivity contribution in [3.8, 4) is 0 Å². The third-order valence-electron chi connectivity index (χ3n) is 3.04. The summed E-state index contributed by atoms with van der Waals surface area (Å²) in [5.41, 5.74) is -0.847. The van der Waals surface area contributed by atoms with Crippen LogP contribution in [0, 0.1) is 5.92 Å². The molecule has 2 N–H and O–H groups in total. The zero-order valence-corrected chi connectivity index (χ0v) is 12.6. The molecule has 0 amide bonds. The molecule has 1 aromatic heterocycles. The van der Waals surface area contributed by atoms with Crippen LogP contribution in [0.2, 0.25) is 0 Å². The Morgan fingerprint density at radius 3 is 3.11 bits per heavy atom. The van der Waals surface area contributed by atoms with Crippen molar-refractivity contribution < 1.29 is 9.47 Å². The van der Waals surface area contributed by atoms with Crippen LogP contribution in [0.15, 0.2) is 21.9 Å². The number of rotatable bonds is 5. The highest BCUT2D eigenvalue weighted by atomic mass is 127. The molecule has 106 valence electrons. The van der Waals surface area contributed by atoms with Crippen LogP contribution >= 0.6 is 22.9 Å². The highest BCUT2D eigenvalue weighted by Gasteiger charge is 2.34. The summed E-state index contributed by atoms with van der Waals surface area (Å²) in [5.74, 6) is 0.185. The molecule has 1 fully saturated rings. The summed E-state index contributed by atoms with van der Waals surface area (Å²) in [5, 5.41) is 0. The Balaban J connectivity index is 2.05. The largest absolute Gasteiger partial charge is 0.363 e. The van der Waals surface area contributed by atoms with Gasteiger partial charge in [-0.2, -0.15) is 0 Å². The molecule has 0 bridgehead atoms. The van der Waals surface area contributed by atoms with Gasteiger partial charge in [-0.3, -0.25) is 14.3 Å². The summed E-state index contributed by atoms with van der Waals surface area (Å²) in [6.07, 6.45) is 1.89. The second kappa shape index (κ2) is 6.64. The van der Waals surface area contributed by atoms with Gasteiger partial charge in [0.1, 0.15) is 13.0 Å². The molecule has 1 aliphatic heterocycles. The minimum Gasteiger partial charge on any atom is -0.363 e. The fourth-order valence-electron chi connectivity index (χ4n) is 2.22. The maximum Gasteiger partial charge on any atom is 0.330 e. The normalized spacial score (nSPS) is 26.7. The molecule has 7 nitrogen and oxygen atoms in total. The van der Waals surface area contributed by atoms with Crippen LogP contribution < -0.4 is 14.8 Å². The molecule has 1 aromatic rings. The Morgan fingerprint density at radius 2 is 2.42 bits per heavy atom. The molecular formula is C11H16IN3O4. The van der Waals surface area contributed by atoms with Gasteiger partial charge < -0.3 is 9.47 Å². The topological polar surface area (TPSA) is 85.3 Å². The summed E-state index contributed by atoms with van der Waals surface area (Å²) < 4.78 is 15.5. The van der Waals surface area contributed by atoms with Crippen LogP contribution in [-0.4, -0.2) is 29.0 Å². The van der Waals surface area contributed by atoms with Crippen LogP contribution in [0.1, 0.15) is 19.6 Å². The monoisotopic (exact) mass is 381 g/mol. The first kappa shape index (κ1) is 14.7. The minimum absolute atomic E-state index is 0.0384. The second-order valence-corrected chi connectivity index (χ2v) is 5.29. The lowest BCUT2D eigenvalue weighted by atomic mass is 10.1. The van der Waals surface area contributed by atoms with E-state index in [0.717, 1.165) is 6.42 Å². The highest BCUT2D eigenvalue weighted by Crippen LogP contribution is 2.32. The number of ether oxygens (including phenoxy) is 2. The average Bonchev–Trinajstić information content (AvgIpc) is 2.71. The molecule has 1 saturated heterocycles. The van der Waals surface area contributed by atoms with Crippen LogP contribution in [0.4, 0.5) is 0 Å². The number of hydrogen-bond acceptors (Lipinski definition) is 5. The standard InChI is InChI=1S/C11H16IN3O4/c1-7-4-8(5-18-6-13-12)19-10(7)15-3-2-9(16)14-11(15)17/h2-3,7-8,10,13H,4-6H2,1H3,(H,14,16,17)/t7-,8-,10?/m0/s1. The maximum absolute atomic E-state index is 11.7. The Bertz CT molecular complexity index is 529. The summed E-state index contributed by atoms with van der Waals surface area (Å²) in [6.45, 7) is 2.95. The summed E-state index contributed by atoms with van der Waals surface area (Å²) >= 11 is 2.00. The fourth-order valence-corrected chi connectivity index (χ4v) is 2.44. The van der Waals surface area contributed by atoms with E-state index < -0.39 is 11.2 Å². The molecule has 0 spiro atoms. The minimum atomic E-state index is -0.445. The molecule has 0 aromatic carbocycles. The second-order valence-electron chi connectivity index (χ2n) is 4.53. The predicted octanol–water partition coefficient (Wildman–Crippen LogP) is 0.374. The van der Waals surface area contributed by atoms with Crippen molar-refractivity contribution in [3.63, 3.8) is 0 Å². The molecule has 3 atom stereocenters. The van der Waals surface area contributed by atoms with E-state index in [2.05, 4.69) is 8.51 Å². The molecule has 2 heterocycles. The lowest BCUT2D eigenvalue weighted by molar-refractivity contribution is -0.0494. The number of aromatic amines is 1. The fraction of sp³-hybridized carbons (Fsp3) is 0.636. The van der Waals surface area contributed by atoms with Crippen LogP contribution in [-0.2, 0) is 9.47 Å². The SMILES string of the molecule is C[C@H]1C[C@@H](COCNI)OC1n1ccc(=O)[nH]c1=O. The van der Waals surface area contributed by atoms with Crippen LogP contribution in [0.25, 0.3) is 0 Å². The van der Waals surface area contributed by atoms with Gasteiger partial charge in [0.15, 0.2) is 0 Å². The van der Waals surface area contributed by atoms with E-state index in [1.165, 1.54) is 16.8 Å². The number of H-pyrrole nitrogens is 1. The van der Waals surface area contributed by atoms with E-state index in [4.69, 9.17) is 9.47 Å². The Kier molecular flexibility index (Phi) is 5.13. The van der Waals surface area contributed by atoms with E-state index in [9.17, 15) is 9.59 Å². The third-order valence-corrected chi connectivity index (χ3v) is 3.35. The van der Waals surface area contributed by atoms with E-state index in [0.29, 0.717) is 13.3 Å². The van der Waals surface area contributed by atoms with Gasteiger partial charge >= 0.3 is 5.69 Å². The van der Waals surface area contributed by atoms with Gasteiger partial charge in [0, 0.05) is 41.0 Å². The van der Waals surface area contributed by atoms with Crippen LogP contribution in [0.5, 0.6) is 0 Å². The lowest BCUT2D eigenvalue weighted by Crippen LogP contribution is -2.33. The van der Waals surface area contributed by atoms with E-state index >= 15 is 0 Å². The third kappa shape index (κ3) is 3.65. The number of nitrogens with one attached hydrogen (secondary N) is 2. The summed E-state index contributed by atoms with van der Waals surface area (Å²) in [7, 11) is 0. The molecule has 0 saturated carbocycles. The van der Waals surface area contributed by atoms with Gasteiger partial charge in [0.2, 0.25) is 0 Å². The Labute approximate surface area is 123 Å². The van der Waals surface area contributed by atoms with Gasteiger partial charge in [0.25, 0.3) is 5.56 Å². The van der Waals surface area contributed by atoms with Gasteiger partial charge in [-0.1, -0.05) is 6.92 Å². The molecule has 0 radical (unpaired) electrons. The van der Waals surface area contributed by atoms with Crippen molar-refractivity contribution in [2.75, 3.05) is 13.3 Å². The Morgan fingerprint density at radius 1 is 1.63 bits per heavy atom. The first-order chi connectivity index (χ1) is 9.11. The molecule has 8 heteroatoms. The average molecular weight is 381 g/mol. The number of aromatic nitrogens is 2. The van der Waals surface area contributed by atoms with Crippen LogP contribution in [0.3, 0.4) is 0 Å². The van der Waals surface area contributed by atoms with Gasteiger partial charge in [-0.15, -0.1) is 0 Å². The number of nitrogens with zero attached hydrogens (tertiary/aromatic N) is 1. The van der Waals surface area contributed by atoms with Gasteiger partial charge in [-0.25, -0.2) is 8.32 Å². The predicted molar refractivity (Wildman–Crippen MR) is 77.0 cm³/mol. The van der Waals surface area contributed by atoms with Crippen molar-refractivity contribution in [2.24, 2.45) is 5.92 Å². The first-order valence-electron chi connectivity index (χ1n) is 6.00. The van der Waals surface area contributed by atoms with Crippen molar-refractivity contribution in [3.05, 3.63) is 33.1 Å². The summed E-state index contributed by atoms with van der Waals surface area (Å²) in [6, 6.07) is 1.32. The van der Waals surface area contributed by atoms with E-state index in [-0.39, 0.29) is 18.2 Å². The molecular weight excluding hydrogens is 365 g/mol. The zero-order chi connectivity index (χ0) is 13.8. The van der Waals surface area contributed by atoms with Gasteiger partial charge in [-0.05, 0) is 6.42 Å². The number of hydrogen-bond donors (Lipinski definition) is 2. The van der Waals surface area contributed by atoms with Crippen molar-refractivity contribution in [2.45, 2.75) is 25.7 Å². The summed E-state index contributed by atoms with van der Waals surface area (Å²) in [4.78, 5) is 25.0. The van der Waals surface area contributed by atoms with Gasteiger partial charge in [0.05, 0.1) is 12.7 Å². The Hall–Kier alpha value is -0.710. The zero-order valence-electron chi connectivity index (χ0n) is 10.5. The highest BCUT2D eigenvalue weighted by molar-refractivity contribution is 14.1. The van der Waals surface area contributed by atoms with Crippen molar-refractivity contribution >= 4 is 22.9 Å². The van der Waals surface area contributed by atoms with E-state index in [1.54, 1.807) is 0 Å². The quantitative estimate of drug-likeness (QED) is 0.333. The van der Waals surface area contributed by atoms with Crippen molar-refractivity contribution in [1.29, 1.82) is 0 Å². The smallest absolute Gasteiger partial charge is 0.330 e. The number of halogens is 1. The van der Waals surface area contributed by atoms with E-state index in [1.807, 2.05) is 29.8 Å². The molecule has 0 aliphatic carbocycles. The molecule has 2 rings (SSSR count). The van der Waals surface area contributed by atoms with Crippen molar-refractivity contribution in [1.82, 2.24) is 13.1 Å². The molecule has 1 unspecified atom stereocenters. The molecule has 19 heavy (non-hydrogen) atoms. The first-order valence-corrected chi connectivity index (χ1v) is 7.08. The lowest BCUT2D eigenvalue weighted by Gasteiger charge is -2.17.